The minimum absolute atomic E-state index is 0.103. The summed E-state index contributed by atoms with van der Waals surface area (Å²) in [6, 6.07) is 12.9. The van der Waals surface area contributed by atoms with Crippen molar-refractivity contribution < 1.29 is 9.59 Å². The van der Waals surface area contributed by atoms with Crippen LogP contribution in [0.2, 0.25) is 0 Å². The molecule has 1 aromatic carbocycles. The highest BCUT2D eigenvalue weighted by molar-refractivity contribution is 5.87. The Kier molecular flexibility index (Phi) is 6.49. The summed E-state index contributed by atoms with van der Waals surface area (Å²) in [4.78, 5) is 30.1. The van der Waals surface area contributed by atoms with Gasteiger partial charge in [-0.15, -0.1) is 0 Å². The Balaban J connectivity index is 1.96. The quantitative estimate of drug-likeness (QED) is 0.845. The lowest BCUT2D eigenvalue weighted by molar-refractivity contribution is -0.134. The van der Waals surface area contributed by atoms with E-state index in [1.54, 1.807) is 26.5 Å². The Hall–Kier alpha value is -2.69. The van der Waals surface area contributed by atoms with E-state index >= 15 is 0 Å². The molecule has 126 valence electrons. The van der Waals surface area contributed by atoms with Gasteiger partial charge in [0.2, 0.25) is 11.8 Å². The Labute approximate surface area is 142 Å². The molecular weight excluding hydrogens is 302 g/mol. The van der Waals surface area contributed by atoms with E-state index in [0.717, 1.165) is 11.1 Å². The van der Waals surface area contributed by atoms with Crippen molar-refractivity contribution in [1.29, 1.82) is 0 Å². The van der Waals surface area contributed by atoms with Crippen molar-refractivity contribution >= 4 is 11.8 Å². The molecule has 1 aromatic heterocycles. The van der Waals surface area contributed by atoms with E-state index in [1.807, 2.05) is 42.5 Å². The molecule has 0 saturated carbocycles. The molecule has 0 spiro atoms. The van der Waals surface area contributed by atoms with Gasteiger partial charge in [-0.25, -0.2) is 0 Å². The van der Waals surface area contributed by atoms with E-state index in [4.69, 9.17) is 0 Å². The van der Waals surface area contributed by atoms with Crippen molar-refractivity contribution in [2.45, 2.75) is 25.3 Å². The van der Waals surface area contributed by atoms with Crippen molar-refractivity contribution in [3.8, 4) is 0 Å². The van der Waals surface area contributed by atoms with Crippen LogP contribution in [0.15, 0.2) is 54.9 Å². The molecule has 0 radical (unpaired) electrons. The number of pyridine rings is 1. The predicted molar refractivity (Wildman–Crippen MR) is 93.3 cm³/mol. The third kappa shape index (κ3) is 5.50. The molecule has 2 amide bonds. The molecule has 1 atom stereocenters. The van der Waals surface area contributed by atoms with Crippen molar-refractivity contribution in [3.05, 3.63) is 66.0 Å². The summed E-state index contributed by atoms with van der Waals surface area (Å²) < 4.78 is 0. The molecule has 1 unspecified atom stereocenters. The van der Waals surface area contributed by atoms with Gasteiger partial charge >= 0.3 is 0 Å². The van der Waals surface area contributed by atoms with E-state index in [-0.39, 0.29) is 11.8 Å². The minimum Gasteiger partial charge on any atom is -0.347 e. The van der Waals surface area contributed by atoms with Gasteiger partial charge in [0.1, 0.15) is 6.04 Å². The molecule has 24 heavy (non-hydrogen) atoms. The molecular formula is C19H23N3O2. The van der Waals surface area contributed by atoms with Crippen molar-refractivity contribution in [3.63, 3.8) is 0 Å². The fourth-order valence-corrected chi connectivity index (χ4v) is 2.43. The minimum atomic E-state index is -0.552. The summed E-state index contributed by atoms with van der Waals surface area (Å²) in [6.07, 6.45) is 4.87. The lowest BCUT2D eigenvalue weighted by Gasteiger charge is -2.22. The van der Waals surface area contributed by atoms with E-state index in [9.17, 15) is 9.59 Å². The molecule has 2 rings (SSSR count). The van der Waals surface area contributed by atoms with Crippen molar-refractivity contribution in [2.75, 3.05) is 14.1 Å². The van der Waals surface area contributed by atoms with Crippen LogP contribution < -0.4 is 5.32 Å². The first-order valence-corrected chi connectivity index (χ1v) is 7.99. The maximum Gasteiger partial charge on any atom is 0.244 e. The molecule has 0 saturated heterocycles. The number of carbonyl (C=O) groups is 2. The molecule has 1 N–H and O–H groups in total. The first kappa shape index (κ1) is 17.7. The smallest absolute Gasteiger partial charge is 0.244 e. The highest BCUT2D eigenvalue weighted by Gasteiger charge is 2.22. The molecule has 2 aromatic rings. The number of hydrogen-bond donors (Lipinski definition) is 1. The fraction of sp³-hybridized carbons (Fsp3) is 0.316. The summed E-state index contributed by atoms with van der Waals surface area (Å²) in [5.74, 6) is -0.233. The van der Waals surface area contributed by atoms with E-state index in [2.05, 4.69) is 10.3 Å². The lowest BCUT2D eigenvalue weighted by atomic mass is 10.0. The zero-order valence-electron chi connectivity index (χ0n) is 14.1. The first-order chi connectivity index (χ1) is 11.6. The van der Waals surface area contributed by atoms with Crippen LogP contribution in [0.3, 0.4) is 0 Å². The highest BCUT2D eigenvalue weighted by Crippen LogP contribution is 2.06. The second-order valence-corrected chi connectivity index (χ2v) is 5.90. The number of nitrogens with zero attached hydrogens (tertiary/aromatic N) is 2. The summed E-state index contributed by atoms with van der Waals surface area (Å²) in [5.41, 5.74) is 2.02. The average Bonchev–Trinajstić information content (AvgIpc) is 2.60. The molecule has 0 aliphatic heterocycles. The van der Waals surface area contributed by atoms with E-state index in [1.165, 1.54) is 4.90 Å². The van der Waals surface area contributed by atoms with Crippen molar-refractivity contribution in [2.24, 2.45) is 0 Å². The zero-order chi connectivity index (χ0) is 17.4. The summed E-state index contributed by atoms with van der Waals surface area (Å²) in [5, 5.41) is 2.87. The molecule has 0 fully saturated rings. The number of amides is 2. The largest absolute Gasteiger partial charge is 0.347 e. The Morgan fingerprint density at radius 2 is 1.79 bits per heavy atom. The monoisotopic (exact) mass is 325 g/mol. The molecule has 5 heteroatoms. The number of likely N-dealkylation sites (N-methyl/N-ethyl adjacent to an activating group) is 1. The third-order valence-corrected chi connectivity index (χ3v) is 3.72. The van der Waals surface area contributed by atoms with Crippen LogP contribution in [0.25, 0.3) is 0 Å². The lowest BCUT2D eigenvalue weighted by Crippen LogP contribution is -2.47. The summed E-state index contributed by atoms with van der Waals surface area (Å²) in [6.45, 7) is 0. The predicted octanol–water partition coefficient (Wildman–Crippen LogP) is 1.83. The number of aryl methyl sites for hydroxylation is 1. The SMILES string of the molecule is CN(C)C(=O)C(Cc1ccccc1)NC(=O)CCc1cccnc1. The standard InChI is InChI=1S/C19H23N3O2/c1-22(2)19(24)17(13-15-7-4-3-5-8-15)21-18(23)11-10-16-9-6-12-20-14-16/h3-9,12,14,17H,10-11,13H2,1-2H3,(H,21,23). The van der Waals surface area contributed by atoms with Crippen LogP contribution in [0, 0.1) is 0 Å². The molecule has 0 aliphatic rings. The number of rotatable bonds is 7. The summed E-state index contributed by atoms with van der Waals surface area (Å²) in [7, 11) is 3.39. The maximum absolute atomic E-state index is 12.4. The van der Waals surface area contributed by atoms with Crippen LogP contribution in [-0.2, 0) is 22.4 Å². The van der Waals surface area contributed by atoms with Gasteiger partial charge in [-0.2, -0.15) is 0 Å². The van der Waals surface area contributed by atoms with Crippen LogP contribution in [0.5, 0.6) is 0 Å². The van der Waals surface area contributed by atoms with Crippen molar-refractivity contribution in [1.82, 2.24) is 15.2 Å². The fourth-order valence-electron chi connectivity index (χ4n) is 2.43. The topological polar surface area (TPSA) is 62.3 Å². The molecule has 5 nitrogen and oxygen atoms in total. The van der Waals surface area contributed by atoms with E-state index < -0.39 is 6.04 Å². The number of carbonyl (C=O) groups excluding carboxylic acids is 2. The Morgan fingerprint density at radius 3 is 2.42 bits per heavy atom. The normalized spacial score (nSPS) is 11.6. The van der Waals surface area contributed by atoms with E-state index in [0.29, 0.717) is 19.3 Å². The van der Waals surface area contributed by atoms with Gasteiger partial charge in [-0.3, -0.25) is 14.6 Å². The van der Waals surface area contributed by atoms with Gasteiger partial charge in [0.15, 0.2) is 0 Å². The van der Waals surface area contributed by atoms with Crippen LogP contribution in [-0.4, -0.2) is 41.8 Å². The van der Waals surface area contributed by atoms with Crippen LogP contribution in [0.1, 0.15) is 17.5 Å². The highest BCUT2D eigenvalue weighted by atomic mass is 16.2. The average molecular weight is 325 g/mol. The van der Waals surface area contributed by atoms with Gasteiger partial charge in [0.05, 0.1) is 0 Å². The third-order valence-electron chi connectivity index (χ3n) is 3.72. The number of benzene rings is 1. The Morgan fingerprint density at radius 1 is 1.08 bits per heavy atom. The molecule has 1 heterocycles. The van der Waals surface area contributed by atoms with Crippen LogP contribution in [0.4, 0.5) is 0 Å². The second-order valence-electron chi connectivity index (χ2n) is 5.90. The Bertz CT molecular complexity index is 657. The van der Waals surface area contributed by atoms with Gasteiger partial charge in [0.25, 0.3) is 0 Å². The molecule has 0 aliphatic carbocycles. The van der Waals surface area contributed by atoms with Gasteiger partial charge in [-0.05, 0) is 23.6 Å². The van der Waals surface area contributed by atoms with Gasteiger partial charge in [-0.1, -0.05) is 36.4 Å². The number of nitrogens with one attached hydrogen (secondary N) is 1. The van der Waals surface area contributed by atoms with Gasteiger partial charge < -0.3 is 10.2 Å². The zero-order valence-corrected chi connectivity index (χ0v) is 14.1. The maximum atomic E-state index is 12.4. The van der Waals surface area contributed by atoms with Gasteiger partial charge in [0, 0.05) is 39.3 Å². The summed E-state index contributed by atoms with van der Waals surface area (Å²) >= 11 is 0. The van der Waals surface area contributed by atoms with Crippen LogP contribution >= 0.6 is 0 Å². The second kappa shape index (κ2) is 8.82. The first-order valence-electron chi connectivity index (χ1n) is 7.99. The molecule has 0 bridgehead atoms. The number of aromatic nitrogens is 1. The number of hydrogen-bond acceptors (Lipinski definition) is 3.